The van der Waals surface area contributed by atoms with Crippen LogP contribution in [0.25, 0.3) is 0 Å². The van der Waals surface area contributed by atoms with Crippen LogP contribution in [0.5, 0.6) is 0 Å². The van der Waals surface area contributed by atoms with E-state index in [2.05, 4.69) is 4.72 Å². The van der Waals surface area contributed by atoms with Gasteiger partial charge in [-0.2, -0.15) is 0 Å². The SMILES string of the molecule is CC(C)NS(=O)(=O)c1cccc(C(=O)OCc2ccc(C(N)=O)cc2)c1. The number of carbonyl (C=O) groups excluding carboxylic acids is 2. The topological polar surface area (TPSA) is 116 Å². The molecule has 2 aromatic rings. The van der Waals surface area contributed by atoms with Gasteiger partial charge < -0.3 is 10.5 Å². The number of amides is 1. The molecule has 7 nitrogen and oxygen atoms in total. The summed E-state index contributed by atoms with van der Waals surface area (Å²) in [4.78, 5) is 23.2. The van der Waals surface area contributed by atoms with E-state index in [1.165, 1.54) is 36.4 Å². The minimum Gasteiger partial charge on any atom is -0.457 e. The Bertz CT molecular complexity index is 905. The molecule has 2 rings (SSSR count). The molecule has 0 aliphatic rings. The molecule has 0 fully saturated rings. The molecule has 0 aliphatic carbocycles. The largest absolute Gasteiger partial charge is 0.457 e. The molecule has 0 aromatic heterocycles. The zero-order chi connectivity index (χ0) is 19.3. The van der Waals surface area contributed by atoms with E-state index < -0.39 is 21.9 Å². The van der Waals surface area contributed by atoms with E-state index in [0.29, 0.717) is 11.1 Å². The predicted molar refractivity (Wildman–Crippen MR) is 96.0 cm³/mol. The van der Waals surface area contributed by atoms with Crippen LogP contribution in [-0.2, 0) is 21.4 Å². The van der Waals surface area contributed by atoms with Crippen molar-refractivity contribution >= 4 is 21.9 Å². The number of primary amides is 1. The third kappa shape index (κ3) is 5.14. The van der Waals surface area contributed by atoms with Gasteiger partial charge >= 0.3 is 5.97 Å². The van der Waals surface area contributed by atoms with Gasteiger partial charge in [-0.25, -0.2) is 17.9 Å². The zero-order valence-electron chi connectivity index (χ0n) is 14.4. The fraction of sp³-hybridized carbons (Fsp3) is 0.222. The van der Waals surface area contributed by atoms with Crippen molar-refractivity contribution in [1.82, 2.24) is 4.72 Å². The maximum atomic E-state index is 12.2. The van der Waals surface area contributed by atoms with Gasteiger partial charge in [-0.15, -0.1) is 0 Å². The normalized spacial score (nSPS) is 11.3. The molecule has 138 valence electrons. The van der Waals surface area contributed by atoms with E-state index >= 15 is 0 Å². The van der Waals surface area contributed by atoms with Crippen molar-refractivity contribution in [3.05, 3.63) is 65.2 Å². The van der Waals surface area contributed by atoms with Gasteiger partial charge in [0.1, 0.15) is 6.61 Å². The van der Waals surface area contributed by atoms with E-state index in [0.717, 1.165) is 0 Å². The average Bonchev–Trinajstić information content (AvgIpc) is 2.59. The Morgan fingerprint density at radius 1 is 1.08 bits per heavy atom. The fourth-order valence-electron chi connectivity index (χ4n) is 2.17. The lowest BCUT2D eigenvalue weighted by Crippen LogP contribution is -2.30. The Morgan fingerprint density at radius 2 is 1.73 bits per heavy atom. The minimum atomic E-state index is -3.70. The summed E-state index contributed by atoms with van der Waals surface area (Å²) in [6.45, 7) is 3.40. The molecule has 0 bridgehead atoms. The number of sulfonamides is 1. The summed E-state index contributed by atoms with van der Waals surface area (Å²) in [5.74, 6) is -1.19. The monoisotopic (exact) mass is 376 g/mol. The number of hydrogen-bond acceptors (Lipinski definition) is 5. The summed E-state index contributed by atoms with van der Waals surface area (Å²) in [7, 11) is -3.70. The molecule has 8 heteroatoms. The van der Waals surface area contributed by atoms with Crippen LogP contribution in [0.15, 0.2) is 53.4 Å². The second-order valence-electron chi connectivity index (χ2n) is 5.94. The van der Waals surface area contributed by atoms with Gasteiger partial charge in [-0.05, 0) is 49.7 Å². The lowest BCUT2D eigenvalue weighted by Gasteiger charge is -2.10. The van der Waals surface area contributed by atoms with Gasteiger partial charge in [0, 0.05) is 11.6 Å². The molecule has 0 atom stereocenters. The van der Waals surface area contributed by atoms with Gasteiger partial charge in [0.05, 0.1) is 10.5 Å². The smallest absolute Gasteiger partial charge is 0.338 e. The molecule has 3 N–H and O–H groups in total. The van der Waals surface area contributed by atoms with Crippen LogP contribution in [0.3, 0.4) is 0 Å². The van der Waals surface area contributed by atoms with Crippen molar-refractivity contribution in [2.24, 2.45) is 5.73 Å². The molecule has 0 heterocycles. The fourth-order valence-corrected chi connectivity index (χ4v) is 3.46. The molecule has 0 unspecified atom stereocenters. The van der Waals surface area contributed by atoms with Crippen molar-refractivity contribution in [2.75, 3.05) is 0 Å². The molecule has 1 amide bonds. The van der Waals surface area contributed by atoms with Gasteiger partial charge in [-0.1, -0.05) is 18.2 Å². The molecular formula is C18H20N2O5S. The van der Waals surface area contributed by atoms with Crippen LogP contribution in [0.1, 0.15) is 40.1 Å². The first kappa shape index (κ1) is 19.6. The van der Waals surface area contributed by atoms with Gasteiger partial charge in [0.25, 0.3) is 0 Å². The quantitative estimate of drug-likeness (QED) is 0.715. The number of hydrogen-bond donors (Lipinski definition) is 2. The molecule has 26 heavy (non-hydrogen) atoms. The second-order valence-corrected chi connectivity index (χ2v) is 7.66. The standard InChI is InChI=1S/C18H20N2O5S/c1-12(2)20-26(23,24)16-5-3-4-15(10-16)18(22)25-11-13-6-8-14(9-7-13)17(19)21/h3-10,12,20H,11H2,1-2H3,(H2,19,21). The number of benzene rings is 2. The van der Waals surface area contributed by atoms with E-state index in [4.69, 9.17) is 10.5 Å². The Hall–Kier alpha value is -2.71. The Morgan fingerprint density at radius 3 is 2.31 bits per heavy atom. The maximum absolute atomic E-state index is 12.2. The number of carbonyl (C=O) groups is 2. The molecule has 0 saturated carbocycles. The van der Waals surface area contributed by atoms with Crippen molar-refractivity contribution in [1.29, 1.82) is 0 Å². The Balaban J connectivity index is 2.08. The summed E-state index contributed by atoms with van der Waals surface area (Å²) in [6, 6.07) is 11.7. The van der Waals surface area contributed by atoms with Crippen LogP contribution in [0.2, 0.25) is 0 Å². The third-order valence-electron chi connectivity index (χ3n) is 3.38. The number of ether oxygens (including phenoxy) is 1. The first-order valence-corrected chi connectivity index (χ1v) is 9.35. The first-order valence-electron chi connectivity index (χ1n) is 7.87. The minimum absolute atomic E-state index is 0.00791. The van der Waals surface area contributed by atoms with Gasteiger partial charge in [0.2, 0.25) is 15.9 Å². The summed E-state index contributed by atoms with van der Waals surface area (Å²) in [5.41, 5.74) is 6.32. The second kappa shape index (κ2) is 8.11. The highest BCUT2D eigenvalue weighted by atomic mass is 32.2. The highest BCUT2D eigenvalue weighted by Crippen LogP contribution is 2.14. The summed E-state index contributed by atoms with van der Waals surface area (Å²) >= 11 is 0. The van der Waals surface area contributed by atoms with E-state index in [1.807, 2.05) is 0 Å². The summed E-state index contributed by atoms with van der Waals surface area (Å²) < 4.78 is 32.0. The van der Waals surface area contributed by atoms with Crippen LogP contribution < -0.4 is 10.5 Å². The van der Waals surface area contributed by atoms with Gasteiger partial charge in [0.15, 0.2) is 0 Å². The van der Waals surface area contributed by atoms with Crippen molar-refractivity contribution < 1.29 is 22.7 Å². The average molecular weight is 376 g/mol. The lowest BCUT2D eigenvalue weighted by molar-refractivity contribution is 0.0472. The number of nitrogens with two attached hydrogens (primary N) is 1. The molecule has 2 aromatic carbocycles. The Kier molecular flexibility index (Phi) is 6.12. The summed E-state index contributed by atoms with van der Waals surface area (Å²) in [6.07, 6.45) is 0. The molecule has 0 saturated heterocycles. The number of nitrogens with one attached hydrogen (secondary N) is 1. The molecule has 0 spiro atoms. The van der Waals surface area contributed by atoms with E-state index in [9.17, 15) is 18.0 Å². The highest BCUT2D eigenvalue weighted by molar-refractivity contribution is 7.89. The highest BCUT2D eigenvalue weighted by Gasteiger charge is 2.17. The number of rotatable bonds is 7. The zero-order valence-corrected chi connectivity index (χ0v) is 15.2. The van der Waals surface area contributed by atoms with E-state index in [-0.39, 0.29) is 23.1 Å². The Labute approximate surface area is 152 Å². The maximum Gasteiger partial charge on any atom is 0.338 e. The summed E-state index contributed by atoms with van der Waals surface area (Å²) in [5, 5.41) is 0. The van der Waals surface area contributed by atoms with Crippen molar-refractivity contribution in [2.45, 2.75) is 31.4 Å². The third-order valence-corrected chi connectivity index (χ3v) is 5.04. The number of esters is 1. The first-order chi connectivity index (χ1) is 12.2. The molecular weight excluding hydrogens is 356 g/mol. The molecule has 0 radical (unpaired) electrons. The lowest BCUT2D eigenvalue weighted by atomic mass is 10.1. The molecule has 0 aliphatic heterocycles. The van der Waals surface area contributed by atoms with Crippen LogP contribution in [0.4, 0.5) is 0 Å². The van der Waals surface area contributed by atoms with E-state index in [1.54, 1.807) is 26.0 Å². The van der Waals surface area contributed by atoms with Crippen molar-refractivity contribution in [3.63, 3.8) is 0 Å². The van der Waals surface area contributed by atoms with Crippen LogP contribution in [0, 0.1) is 0 Å². The van der Waals surface area contributed by atoms with Crippen molar-refractivity contribution in [3.8, 4) is 0 Å². The van der Waals surface area contributed by atoms with Crippen LogP contribution in [-0.4, -0.2) is 26.3 Å². The van der Waals surface area contributed by atoms with Crippen LogP contribution >= 0.6 is 0 Å². The van der Waals surface area contributed by atoms with Gasteiger partial charge in [-0.3, -0.25) is 4.79 Å². The predicted octanol–water partition coefficient (Wildman–Crippen LogP) is 1.83.